The lowest BCUT2D eigenvalue weighted by Crippen LogP contribution is -2.19. The number of anilines is 1. The van der Waals surface area contributed by atoms with Crippen LogP contribution in [0.25, 0.3) is 0 Å². The molecule has 0 N–H and O–H groups in total. The van der Waals surface area contributed by atoms with Crippen molar-refractivity contribution in [3.05, 3.63) is 47.1 Å². The molecule has 0 aliphatic rings. The van der Waals surface area contributed by atoms with Crippen LogP contribution in [0.5, 0.6) is 0 Å². The van der Waals surface area contributed by atoms with Gasteiger partial charge in [-0.25, -0.2) is 9.97 Å². The highest BCUT2D eigenvalue weighted by Gasteiger charge is 2.10. The Hall–Kier alpha value is -1.68. The van der Waals surface area contributed by atoms with Gasteiger partial charge in [-0.2, -0.15) is 0 Å². The van der Waals surface area contributed by atoms with Gasteiger partial charge in [-0.1, -0.05) is 31.5 Å². The van der Waals surface area contributed by atoms with Crippen LogP contribution in [0.3, 0.4) is 0 Å². The van der Waals surface area contributed by atoms with Crippen molar-refractivity contribution < 1.29 is 0 Å². The Kier molecular flexibility index (Phi) is 4.32. The van der Waals surface area contributed by atoms with Crippen LogP contribution in [0.2, 0.25) is 5.15 Å². The van der Waals surface area contributed by atoms with Gasteiger partial charge in [0.2, 0.25) is 0 Å². The fourth-order valence-corrected chi connectivity index (χ4v) is 1.91. The van der Waals surface area contributed by atoms with Gasteiger partial charge in [-0.15, -0.1) is 0 Å². The summed E-state index contributed by atoms with van der Waals surface area (Å²) in [4.78, 5) is 14.9. The molecule has 2 heterocycles. The van der Waals surface area contributed by atoms with Crippen molar-refractivity contribution in [1.82, 2.24) is 15.0 Å². The Morgan fingerprint density at radius 2 is 2.11 bits per heavy atom. The highest BCUT2D eigenvalue weighted by Crippen LogP contribution is 2.20. The maximum Gasteiger partial charge on any atom is 0.135 e. The third kappa shape index (κ3) is 3.64. The molecule has 2 rings (SSSR count). The Bertz CT molecular complexity index is 542. The average Bonchev–Trinajstić information content (AvgIpc) is 2.39. The van der Waals surface area contributed by atoms with Gasteiger partial charge in [0.1, 0.15) is 16.8 Å². The molecule has 0 aliphatic heterocycles. The van der Waals surface area contributed by atoms with E-state index in [4.69, 9.17) is 11.6 Å². The van der Waals surface area contributed by atoms with Crippen LogP contribution in [-0.4, -0.2) is 22.0 Å². The molecular formula is C14H17ClN4. The molecule has 0 amide bonds. The Morgan fingerprint density at radius 3 is 2.74 bits per heavy atom. The number of rotatable bonds is 4. The van der Waals surface area contributed by atoms with Crippen LogP contribution < -0.4 is 4.90 Å². The lowest BCUT2D eigenvalue weighted by molar-refractivity contribution is 0.762. The highest BCUT2D eigenvalue weighted by atomic mass is 35.5. The molecule has 0 unspecified atom stereocenters. The smallest absolute Gasteiger partial charge is 0.135 e. The van der Waals surface area contributed by atoms with Crippen LogP contribution in [0.15, 0.2) is 30.6 Å². The summed E-state index contributed by atoms with van der Waals surface area (Å²) >= 11 is 6.05. The molecule has 0 atom stereocenters. The van der Waals surface area contributed by atoms with Crippen molar-refractivity contribution in [3.8, 4) is 0 Å². The van der Waals surface area contributed by atoms with Gasteiger partial charge >= 0.3 is 0 Å². The van der Waals surface area contributed by atoms with E-state index in [2.05, 4.69) is 28.8 Å². The van der Waals surface area contributed by atoms with Gasteiger partial charge in [-0.05, 0) is 11.6 Å². The number of aromatic nitrogens is 3. The van der Waals surface area contributed by atoms with E-state index in [0.29, 0.717) is 5.15 Å². The molecule has 4 nitrogen and oxygen atoms in total. The summed E-state index contributed by atoms with van der Waals surface area (Å²) in [5.74, 6) is 1.84. The van der Waals surface area contributed by atoms with Crippen LogP contribution in [0.4, 0.5) is 5.82 Å². The molecular weight excluding hydrogens is 260 g/mol. The summed E-state index contributed by atoms with van der Waals surface area (Å²) in [6, 6.07) is 5.75. The zero-order valence-corrected chi connectivity index (χ0v) is 12.1. The Morgan fingerprint density at radius 1 is 1.32 bits per heavy atom. The first kappa shape index (κ1) is 13.7. The molecule has 2 aromatic heterocycles. The van der Waals surface area contributed by atoms with E-state index in [1.807, 2.05) is 30.3 Å². The SMILES string of the molecule is CC(C)c1nc(Cl)cc(N(C)Cc2cccnc2)n1. The standard InChI is InChI=1S/C14H17ClN4/c1-10(2)14-17-12(15)7-13(18-14)19(3)9-11-5-4-6-16-8-11/h4-8,10H,9H2,1-3H3. The number of nitrogens with zero attached hydrogens (tertiary/aromatic N) is 4. The minimum atomic E-state index is 0.254. The summed E-state index contributed by atoms with van der Waals surface area (Å²) in [5, 5.41) is 0.478. The monoisotopic (exact) mass is 276 g/mol. The van der Waals surface area contributed by atoms with Crippen molar-refractivity contribution in [2.24, 2.45) is 0 Å². The third-order valence-corrected chi connectivity index (χ3v) is 2.94. The largest absolute Gasteiger partial charge is 0.355 e. The summed E-state index contributed by atoms with van der Waals surface area (Å²) in [6.45, 7) is 4.84. The molecule has 0 fully saturated rings. The van der Waals surface area contributed by atoms with Gasteiger partial charge in [0.15, 0.2) is 0 Å². The zero-order chi connectivity index (χ0) is 13.8. The summed E-state index contributed by atoms with van der Waals surface area (Å²) < 4.78 is 0. The quantitative estimate of drug-likeness (QED) is 0.804. The van der Waals surface area contributed by atoms with Crippen molar-refractivity contribution in [1.29, 1.82) is 0 Å². The van der Waals surface area contributed by atoms with Crippen molar-refractivity contribution in [3.63, 3.8) is 0 Å². The number of pyridine rings is 1. The van der Waals surface area contributed by atoms with Crippen molar-refractivity contribution >= 4 is 17.4 Å². The summed E-state index contributed by atoms with van der Waals surface area (Å²) in [6.07, 6.45) is 3.62. The highest BCUT2D eigenvalue weighted by molar-refractivity contribution is 6.29. The second kappa shape index (κ2) is 5.97. The molecule has 0 aromatic carbocycles. The van der Waals surface area contributed by atoms with Crippen LogP contribution in [-0.2, 0) is 6.54 Å². The van der Waals surface area contributed by atoms with Gasteiger partial charge < -0.3 is 4.90 Å². The minimum absolute atomic E-state index is 0.254. The second-order valence-corrected chi connectivity index (χ2v) is 5.17. The number of halogens is 1. The van der Waals surface area contributed by atoms with E-state index in [1.54, 1.807) is 12.3 Å². The van der Waals surface area contributed by atoms with E-state index >= 15 is 0 Å². The van der Waals surface area contributed by atoms with Crippen LogP contribution in [0.1, 0.15) is 31.2 Å². The fourth-order valence-electron chi connectivity index (χ4n) is 1.72. The minimum Gasteiger partial charge on any atom is -0.355 e. The first-order chi connectivity index (χ1) is 9.06. The normalized spacial score (nSPS) is 10.8. The summed E-state index contributed by atoms with van der Waals surface area (Å²) in [7, 11) is 1.98. The van der Waals surface area contributed by atoms with E-state index in [-0.39, 0.29) is 5.92 Å². The average molecular weight is 277 g/mol. The van der Waals surface area contributed by atoms with E-state index in [0.717, 1.165) is 23.8 Å². The molecule has 100 valence electrons. The molecule has 0 aliphatic carbocycles. The van der Waals surface area contributed by atoms with Crippen LogP contribution >= 0.6 is 11.6 Å². The fraction of sp³-hybridized carbons (Fsp3) is 0.357. The summed E-state index contributed by atoms with van der Waals surface area (Å²) in [5.41, 5.74) is 1.13. The van der Waals surface area contributed by atoms with Crippen molar-refractivity contribution in [2.45, 2.75) is 26.3 Å². The zero-order valence-electron chi connectivity index (χ0n) is 11.3. The Balaban J connectivity index is 2.21. The van der Waals surface area contributed by atoms with Gasteiger partial charge in [-0.3, -0.25) is 4.98 Å². The third-order valence-electron chi connectivity index (χ3n) is 2.75. The predicted molar refractivity (Wildman–Crippen MR) is 77.5 cm³/mol. The molecule has 19 heavy (non-hydrogen) atoms. The lowest BCUT2D eigenvalue weighted by Gasteiger charge is -2.19. The van der Waals surface area contributed by atoms with E-state index in [1.165, 1.54) is 0 Å². The molecule has 0 saturated heterocycles. The molecule has 0 bridgehead atoms. The topological polar surface area (TPSA) is 41.9 Å². The first-order valence-electron chi connectivity index (χ1n) is 6.21. The number of hydrogen-bond acceptors (Lipinski definition) is 4. The molecule has 0 spiro atoms. The lowest BCUT2D eigenvalue weighted by atomic mass is 10.2. The first-order valence-corrected chi connectivity index (χ1v) is 6.58. The maximum absolute atomic E-state index is 6.05. The Labute approximate surface area is 118 Å². The number of hydrogen-bond donors (Lipinski definition) is 0. The van der Waals surface area contributed by atoms with Gasteiger partial charge in [0.25, 0.3) is 0 Å². The maximum atomic E-state index is 6.05. The second-order valence-electron chi connectivity index (χ2n) is 4.78. The van der Waals surface area contributed by atoms with Gasteiger partial charge in [0.05, 0.1) is 0 Å². The van der Waals surface area contributed by atoms with E-state index < -0.39 is 0 Å². The predicted octanol–water partition coefficient (Wildman–Crippen LogP) is 3.28. The van der Waals surface area contributed by atoms with Gasteiger partial charge in [0, 0.05) is 38.0 Å². The van der Waals surface area contributed by atoms with Crippen LogP contribution in [0, 0.1) is 0 Å². The van der Waals surface area contributed by atoms with E-state index in [9.17, 15) is 0 Å². The molecule has 0 saturated carbocycles. The molecule has 2 aromatic rings. The molecule has 5 heteroatoms. The van der Waals surface area contributed by atoms with Crippen molar-refractivity contribution in [2.75, 3.05) is 11.9 Å². The molecule has 0 radical (unpaired) electrons.